The number of hydrogen-bond donors (Lipinski definition) is 1. The summed E-state index contributed by atoms with van der Waals surface area (Å²) in [5.74, 6) is -0.0637. The van der Waals surface area contributed by atoms with E-state index >= 15 is 0 Å². The van der Waals surface area contributed by atoms with Gasteiger partial charge in [-0.25, -0.2) is 9.08 Å². The summed E-state index contributed by atoms with van der Waals surface area (Å²) in [4.78, 5) is 11.1. The molecule has 1 heterocycles. The molecule has 0 aliphatic carbocycles. The Morgan fingerprint density at radius 2 is 2.23 bits per heavy atom. The summed E-state index contributed by atoms with van der Waals surface area (Å²) in [6.07, 6.45) is -0.934. The second kappa shape index (κ2) is 3.24. The van der Waals surface area contributed by atoms with Crippen LogP contribution in [0.4, 0.5) is 5.69 Å². The van der Waals surface area contributed by atoms with Gasteiger partial charge in [-0.3, -0.25) is 0 Å². The average molecular weight is 200 g/mol. The lowest BCUT2D eigenvalue weighted by Crippen LogP contribution is -2.37. The number of halogens is 1. The van der Waals surface area contributed by atoms with Crippen molar-refractivity contribution in [3.05, 3.63) is 24.3 Å². The molecule has 68 valence electrons. The van der Waals surface area contributed by atoms with Gasteiger partial charge < -0.3 is 10.1 Å². The Labute approximate surface area is 79.6 Å². The number of carbonyl (C=O) groups is 1. The van der Waals surface area contributed by atoms with E-state index < -0.39 is 12.2 Å². The first kappa shape index (κ1) is 8.34. The van der Waals surface area contributed by atoms with Crippen molar-refractivity contribution in [2.45, 2.75) is 6.23 Å². The average Bonchev–Trinajstić information content (AvgIpc) is 2.17. The van der Waals surface area contributed by atoms with Gasteiger partial charge in [-0.05, 0) is 12.1 Å². The van der Waals surface area contributed by atoms with E-state index in [-0.39, 0.29) is 0 Å². The summed E-state index contributed by atoms with van der Waals surface area (Å²) in [5.41, 5.74) is 0.688. The van der Waals surface area contributed by atoms with E-state index in [0.717, 1.165) is 0 Å². The van der Waals surface area contributed by atoms with E-state index in [1.54, 1.807) is 18.2 Å². The van der Waals surface area contributed by atoms with Crippen molar-refractivity contribution in [3.63, 3.8) is 0 Å². The van der Waals surface area contributed by atoms with Gasteiger partial charge in [0.15, 0.2) is 5.75 Å². The fourth-order valence-corrected chi connectivity index (χ4v) is 1.21. The molecule has 0 amide bonds. The van der Waals surface area contributed by atoms with Gasteiger partial charge in [0.2, 0.25) is 6.23 Å². The third kappa shape index (κ3) is 1.46. The van der Waals surface area contributed by atoms with Gasteiger partial charge in [-0.1, -0.05) is 12.1 Å². The molecule has 0 saturated carbocycles. The maximum atomic E-state index is 11.1. The van der Waals surface area contributed by atoms with Crippen molar-refractivity contribution in [3.8, 4) is 5.75 Å². The first-order valence-corrected chi connectivity index (χ1v) is 3.97. The Hall–Kier alpha value is -1.26. The number of fused-ring (bicyclic) bond motifs is 1. The SMILES string of the molecule is O=C1Oc2ccccc2N[C@H]1OCl. The largest absolute Gasteiger partial charge is 0.421 e. The second-order valence-corrected chi connectivity index (χ2v) is 2.71. The van der Waals surface area contributed by atoms with Crippen LogP contribution in [0.1, 0.15) is 0 Å². The van der Waals surface area contributed by atoms with E-state index in [4.69, 9.17) is 16.6 Å². The van der Waals surface area contributed by atoms with Crippen LogP contribution in [0.3, 0.4) is 0 Å². The minimum atomic E-state index is -0.934. The molecule has 0 saturated heterocycles. The van der Waals surface area contributed by atoms with Crippen LogP contribution in [0.15, 0.2) is 24.3 Å². The Morgan fingerprint density at radius 3 is 3.00 bits per heavy atom. The molecular weight excluding hydrogens is 194 g/mol. The van der Waals surface area contributed by atoms with Crippen LogP contribution in [-0.4, -0.2) is 12.2 Å². The van der Waals surface area contributed by atoms with Gasteiger partial charge in [0.25, 0.3) is 0 Å². The van der Waals surface area contributed by atoms with Gasteiger partial charge in [-0.2, -0.15) is 0 Å². The zero-order chi connectivity index (χ0) is 9.26. The van der Waals surface area contributed by atoms with Crippen LogP contribution in [0.25, 0.3) is 0 Å². The number of ether oxygens (including phenoxy) is 1. The molecule has 1 aliphatic rings. The third-order valence-corrected chi connectivity index (χ3v) is 1.87. The highest BCUT2D eigenvalue weighted by molar-refractivity contribution is 6.08. The van der Waals surface area contributed by atoms with Crippen molar-refractivity contribution >= 4 is 23.5 Å². The number of nitrogens with one attached hydrogen (secondary N) is 1. The molecule has 0 aromatic heterocycles. The van der Waals surface area contributed by atoms with Gasteiger partial charge in [0, 0.05) is 0 Å². The van der Waals surface area contributed by atoms with Gasteiger partial charge in [-0.15, -0.1) is 0 Å². The number of para-hydroxylation sites is 2. The van der Waals surface area contributed by atoms with E-state index in [1.165, 1.54) is 0 Å². The molecule has 13 heavy (non-hydrogen) atoms. The fraction of sp³-hybridized carbons (Fsp3) is 0.125. The summed E-state index contributed by atoms with van der Waals surface area (Å²) in [6.45, 7) is 0. The summed E-state index contributed by atoms with van der Waals surface area (Å²) in [6, 6.07) is 7.04. The summed E-state index contributed by atoms with van der Waals surface area (Å²) >= 11 is 5.08. The predicted molar refractivity (Wildman–Crippen MR) is 46.4 cm³/mol. The number of benzene rings is 1. The quantitative estimate of drug-likeness (QED) is 0.550. The highest BCUT2D eigenvalue weighted by Gasteiger charge is 2.27. The smallest absolute Gasteiger partial charge is 0.363 e. The van der Waals surface area contributed by atoms with E-state index in [2.05, 4.69) is 9.61 Å². The molecule has 2 rings (SSSR count). The number of hydrogen-bond acceptors (Lipinski definition) is 4. The predicted octanol–water partition coefficient (Wildman–Crippen LogP) is 1.51. The molecule has 1 aromatic rings. The maximum Gasteiger partial charge on any atom is 0.363 e. The molecule has 0 radical (unpaired) electrons. The molecule has 1 N–H and O–H groups in total. The monoisotopic (exact) mass is 199 g/mol. The third-order valence-electron chi connectivity index (χ3n) is 1.69. The minimum Gasteiger partial charge on any atom is -0.421 e. The fourth-order valence-electron chi connectivity index (χ4n) is 1.10. The summed E-state index contributed by atoms with van der Waals surface area (Å²) < 4.78 is 9.27. The van der Waals surface area contributed by atoms with E-state index in [0.29, 0.717) is 11.4 Å². The zero-order valence-electron chi connectivity index (χ0n) is 6.49. The van der Waals surface area contributed by atoms with E-state index in [9.17, 15) is 4.79 Å². The molecule has 0 unspecified atom stereocenters. The van der Waals surface area contributed by atoms with Crippen LogP contribution in [0.5, 0.6) is 5.75 Å². The first-order chi connectivity index (χ1) is 6.31. The molecule has 0 fully saturated rings. The molecule has 1 aromatic carbocycles. The second-order valence-electron chi connectivity index (χ2n) is 2.53. The van der Waals surface area contributed by atoms with Crippen molar-refractivity contribution in [2.75, 3.05) is 5.32 Å². The summed E-state index contributed by atoms with van der Waals surface area (Å²) in [7, 11) is 0. The Kier molecular flexibility index (Phi) is 2.08. The zero-order valence-corrected chi connectivity index (χ0v) is 7.25. The van der Waals surface area contributed by atoms with Gasteiger partial charge in [0.05, 0.1) is 17.6 Å². The van der Waals surface area contributed by atoms with Crippen molar-refractivity contribution < 1.29 is 13.8 Å². The van der Waals surface area contributed by atoms with Crippen LogP contribution < -0.4 is 10.1 Å². The molecule has 1 atom stereocenters. The van der Waals surface area contributed by atoms with Crippen molar-refractivity contribution in [2.24, 2.45) is 0 Å². The van der Waals surface area contributed by atoms with E-state index in [1.807, 2.05) is 6.07 Å². The first-order valence-electron chi connectivity index (χ1n) is 3.66. The van der Waals surface area contributed by atoms with Crippen LogP contribution >= 0.6 is 11.9 Å². The summed E-state index contributed by atoms with van der Waals surface area (Å²) in [5, 5.41) is 2.77. The molecular formula is C8H6ClNO3. The number of carbonyl (C=O) groups excluding carboxylic acids is 1. The molecule has 5 heteroatoms. The standard InChI is InChI=1S/C8H6ClNO3/c9-13-7-8(11)12-6-4-2-1-3-5(6)10-7/h1-4,7,10H/t7-/m0/s1. The lowest BCUT2D eigenvalue weighted by Gasteiger charge is -2.22. The molecule has 1 aliphatic heterocycles. The highest BCUT2D eigenvalue weighted by atomic mass is 35.5. The normalized spacial score (nSPS) is 20.1. The lowest BCUT2D eigenvalue weighted by molar-refractivity contribution is -0.141. The Bertz CT molecular complexity index is 342. The van der Waals surface area contributed by atoms with Crippen LogP contribution in [-0.2, 0) is 9.08 Å². The number of anilines is 1. The highest BCUT2D eigenvalue weighted by Crippen LogP contribution is 2.28. The number of esters is 1. The van der Waals surface area contributed by atoms with Gasteiger partial charge >= 0.3 is 5.97 Å². The van der Waals surface area contributed by atoms with Gasteiger partial charge in [0.1, 0.15) is 0 Å². The van der Waals surface area contributed by atoms with Crippen molar-refractivity contribution in [1.82, 2.24) is 0 Å². The van der Waals surface area contributed by atoms with Crippen molar-refractivity contribution in [1.29, 1.82) is 0 Å². The molecule has 0 bridgehead atoms. The minimum absolute atomic E-state index is 0.484. The Morgan fingerprint density at radius 1 is 1.46 bits per heavy atom. The number of rotatable bonds is 1. The lowest BCUT2D eigenvalue weighted by atomic mass is 10.2. The Balaban J connectivity index is 2.33. The maximum absolute atomic E-state index is 11.1. The van der Waals surface area contributed by atoms with Crippen LogP contribution in [0.2, 0.25) is 0 Å². The van der Waals surface area contributed by atoms with Crippen LogP contribution in [0, 0.1) is 0 Å². The molecule has 4 nitrogen and oxygen atoms in total. The topological polar surface area (TPSA) is 47.6 Å². The molecule has 0 spiro atoms.